The van der Waals surface area contributed by atoms with Crippen LogP contribution in [0.5, 0.6) is 0 Å². The van der Waals surface area contributed by atoms with E-state index in [9.17, 15) is 4.79 Å². The van der Waals surface area contributed by atoms with Crippen LogP contribution in [0.4, 0.5) is 0 Å². The second kappa shape index (κ2) is 6.43. The maximum absolute atomic E-state index is 13.1. The molecule has 3 heterocycles. The van der Waals surface area contributed by atoms with Gasteiger partial charge < -0.3 is 4.90 Å². The third kappa shape index (κ3) is 3.00. The summed E-state index contributed by atoms with van der Waals surface area (Å²) >= 11 is 0. The fraction of sp³-hybridized carbons (Fsp3) is 0.278. The molecule has 1 atom stereocenters. The highest BCUT2D eigenvalue weighted by atomic mass is 16.2. The summed E-state index contributed by atoms with van der Waals surface area (Å²) < 4.78 is 1.78. The lowest BCUT2D eigenvalue weighted by Gasteiger charge is -2.24. The molecule has 1 aliphatic heterocycles. The molecule has 3 aromatic rings. The summed E-state index contributed by atoms with van der Waals surface area (Å²) in [6.07, 6.45) is 6.89. The Labute approximate surface area is 145 Å². The summed E-state index contributed by atoms with van der Waals surface area (Å²) in [5, 5.41) is 7.63. The van der Waals surface area contributed by atoms with Crippen molar-refractivity contribution in [3.63, 3.8) is 0 Å². The van der Waals surface area contributed by atoms with E-state index in [4.69, 9.17) is 0 Å². The van der Waals surface area contributed by atoms with Crippen LogP contribution in [0, 0.1) is 6.92 Å². The summed E-state index contributed by atoms with van der Waals surface area (Å²) in [6, 6.07) is 9.42. The molecule has 7 nitrogen and oxygen atoms in total. The molecule has 0 bridgehead atoms. The number of benzene rings is 1. The van der Waals surface area contributed by atoms with Crippen LogP contribution in [0.1, 0.15) is 40.8 Å². The van der Waals surface area contributed by atoms with Crippen molar-refractivity contribution in [3.8, 4) is 5.69 Å². The molecule has 25 heavy (non-hydrogen) atoms. The first-order valence-electron chi connectivity index (χ1n) is 8.28. The molecule has 7 heteroatoms. The van der Waals surface area contributed by atoms with Crippen LogP contribution in [0.25, 0.3) is 5.69 Å². The summed E-state index contributed by atoms with van der Waals surface area (Å²) in [6.45, 7) is 2.61. The molecule has 0 N–H and O–H groups in total. The Kier molecular flexibility index (Phi) is 3.97. The molecular weight excluding hydrogens is 316 g/mol. The number of rotatable bonds is 3. The number of carbonyl (C=O) groups excluding carboxylic acids is 1. The van der Waals surface area contributed by atoms with Crippen molar-refractivity contribution in [2.45, 2.75) is 25.8 Å². The first-order valence-corrected chi connectivity index (χ1v) is 8.28. The monoisotopic (exact) mass is 334 g/mol. The summed E-state index contributed by atoms with van der Waals surface area (Å²) in [7, 11) is 0. The Morgan fingerprint density at radius 1 is 1.20 bits per heavy atom. The van der Waals surface area contributed by atoms with Gasteiger partial charge >= 0.3 is 0 Å². The predicted molar refractivity (Wildman–Crippen MR) is 91.1 cm³/mol. The van der Waals surface area contributed by atoms with Gasteiger partial charge in [-0.25, -0.2) is 9.97 Å². The Morgan fingerprint density at radius 2 is 2.04 bits per heavy atom. The normalized spacial score (nSPS) is 17.0. The van der Waals surface area contributed by atoms with Crippen molar-refractivity contribution in [2.75, 3.05) is 6.54 Å². The number of nitrogens with zero attached hydrogens (tertiary/aromatic N) is 6. The molecule has 0 aliphatic carbocycles. The van der Waals surface area contributed by atoms with Crippen LogP contribution < -0.4 is 0 Å². The quantitative estimate of drug-likeness (QED) is 0.735. The van der Waals surface area contributed by atoms with Crippen LogP contribution in [0.15, 0.2) is 49.2 Å². The van der Waals surface area contributed by atoms with Gasteiger partial charge in [-0.3, -0.25) is 9.36 Å². The van der Waals surface area contributed by atoms with Crippen molar-refractivity contribution in [1.29, 1.82) is 0 Å². The molecule has 0 radical (unpaired) electrons. The van der Waals surface area contributed by atoms with Gasteiger partial charge in [-0.15, -0.1) is 10.2 Å². The zero-order valence-corrected chi connectivity index (χ0v) is 13.9. The third-order valence-electron chi connectivity index (χ3n) is 4.46. The zero-order valence-electron chi connectivity index (χ0n) is 13.9. The lowest BCUT2D eigenvalue weighted by atomic mass is 10.1. The van der Waals surface area contributed by atoms with E-state index in [1.807, 2.05) is 42.2 Å². The molecule has 1 saturated heterocycles. The SMILES string of the molecule is Cc1nccc([C@H]2CCCN2C(=O)c2cccc(-n3cnnc3)c2)n1. The van der Waals surface area contributed by atoms with E-state index < -0.39 is 0 Å². The lowest BCUT2D eigenvalue weighted by Crippen LogP contribution is -2.31. The molecular formula is C18H18N6O. The maximum atomic E-state index is 13.1. The van der Waals surface area contributed by atoms with E-state index in [0.29, 0.717) is 5.56 Å². The number of hydrogen-bond acceptors (Lipinski definition) is 5. The van der Waals surface area contributed by atoms with E-state index in [1.54, 1.807) is 23.4 Å². The van der Waals surface area contributed by atoms with E-state index in [1.165, 1.54) is 0 Å². The third-order valence-corrected chi connectivity index (χ3v) is 4.46. The molecule has 1 aromatic carbocycles. The summed E-state index contributed by atoms with van der Waals surface area (Å²) in [4.78, 5) is 23.7. The first kappa shape index (κ1) is 15.4. The van der Waals surface area contributed by atoms with E-state index >= 15 is 0 Å². The van der Waals surface area contributed by atoms with Crippen molar-refractivity contribution >= 4 is 5.91 Å². The Hall–Kier alpha value is -3.09. The first-order chi connectivity index (χ1) is 12.2. The molecule has 0 unspecified atom stereocenters. The fourth-order valence-electron chi connectivity index (χ4n) is 3.28. The van der Waals surface area contributed by atoms with Crippen molar-refractivity contribution in [3.05, 3.63) is 66.3 Å². The Bertz CT molecular complexity index is 892. The minimum absolute atomic E-state index is 0.00719. The zero-order chi connectivity index (χ0) is 17.2. The van der Waals surface area contributed by atoms with Gasteiger partial charge in [0.2, 0.25) is 0 Å². The molecule has 126 valence electrons. The van der Waals surface area contributed by atoms with Crippen molar-refractivity contribution < 1.29 is 4.79 Å². The van der Waals surface area contributed by atoms with Gasteiger partial charge in [0.15, 0.2) is 0 Å². The van der Waals surface area contributed by atoms with Crippen LogP contribution in [-0.2, 0) is 0 Å². The predicted octanol–water partition coefficient (Wildman–Crippen LogP) is 2.34. The average Bonchev–Trinajstić information content (AvgIpc) is 3.33. The van der Waals surface area contributed by atoms with Gasteiger partial charge in [0.25, 0.3) is 5.91 Å². The molecule has 1 fully saturated rings. The fourth-order valence-corrected chi connectivity index (χ4v) is 3.28. The van der Waals surface area contributed by atoms with Crippen LogP contribution in [0.3, 0.4) is 0 Å². The molecule has 0 spiro atoms. The number of hydrogen-bond donors (Lipinski definition) is 0. The van der Waals surface area contributed by atoms with Gasteiger partial charge in [0, 0.05) is 24.0 Å². The molecule has 4 rings (SSSR count). The van der Waals surface area contributed by atoms with Crippen LogP contribution in [-0.4, -0.2) is 42.1 Å². The smallest absolute Gasteiger partial charge is 0.254 e. The minimum atomic E-state index is 0.00719. The standard InChI is InChI=1S/C18H18N6O/c1-13-19-8-7-16(22-13)17-6-3-9-24(17)18(25)14-4-2-5-15(10-14)23-11-20-21-12-23/h2,4-5,7-8,10-12,17H,3,6,9H2,1H3/t17-/m1/s1. The number of carbonyl (C=O) groups is 1. The molecule has 2 aromatic heterocycles. The van der Waals surface area contributed by atoms with Crippen molar-refractivity contribution in [2.24, 2.45) is 0 Å². The van der Waals surface area contributed by atoms with Gasteiger partial charge in [0.05, 0.1) is 11.7 Å². The minimum Gasteiger partial charge on any atom is -0.330 e. The second-order valence-corrected chi connectivity index (χ2v) is 6.10. The van der Waals surface area contributed by atoms with Gasteiger partial charge in [-0.2, -0.15) is 0 Å². The highest BCUT2D eigenvalue weighted by Crippen LogP contribution is 2.32. The van der Waals surface area contributed by atoms with Crippen LogP contribution >= 0.6 is 0 Å². The Balaban J connectivity index is 1.63. The summed E-state index contributed by atoms with van der Waals surface area (Å²) in [5.41, 5.74) is 2.43. The lowest BCUT2D eigenvalue weighted by molar-refractivity contribution is 0.0732. The molecule has 0 saturated carbocycles. The summed E-state index contributed by atoms with van der Waals surface area (Å²) in [5.74, 6) is 0.750. The number of aromatic nitrogens is 5. The number of aryl methyl sites for hydroxylation is 1. The van der Waals surface area contributed by atoms with Gasteiger partial charge in [0.1, 0.15) is 18.5 Å². The average molecular weight is 334 g/mol. The second-order valence-electron chi connectivity index (χ2n) is 6.10. The Morgan fingerprint density at radius 3 is 2.84 bits per heavy atom. The maximum Gasteiger partial charge on any atom is 0.254 e. The van der Waals surface area contributed by atoms with Gasteiger partial charge in [-0.05, 0) is 44.0 Å². The highest BCUT2D eigenvalue weighted by Gasteiger charge is 2.31. The van der Waals surface area contributed by atoms with Crippen LogP contribution in [0.2, 0.25) is 0 Å². The topological polar surface area (TPSA) is 76.8 Å². The van der Waals surface area contributed by atoms with E-state index in [-0.39, 0.29) is 11.9 Å². The highest BCUT2D eigenvalue weighted by molar-refractivity contribution is 5.95. The molecule has 1 amide bonds. The number of likely N-dealkylation sites (tertiary alicyclic amines) is 1. The van der Waals surface area contributed by atoms with E-state index in [2.05, 4.69) is 20.2 Å². The van der Waals surface area contributed by atoms with Gasteiger partial charge in [-0.1, -0.05) is 6.07 Å². The van der Waals surface area contributed by atoms with E-state index in [0.717, 1.165) is 36.6 Å². The largest absolute Gasteiger partial charge is 0.330 e. The molecule has 1 aliphatic rings. The van der Waals surface area contributed by atoms with Crippen molar-refractivity contribution in [1.82, 2.24) is 29.6 Å². The number of amides is 1.